The summed E-state index contributed by atoms with van der Waals surface area (Å²) in [5, 5.41) is 4.47. The minimum atomic E-state index is 0.244. The van der Waals surface area contributed by atoms with E-state index >= 15 is 0 Å². The highest BCUT2D eigenvalue weighted by molar-refractivity contribution is 6.28. The highest BCUT2D eigenvalue weighted by Gasteiger charge is 2.02. The molecule has 0 N–H and O–H groups in total. The molecule has 2 heterocycles. The lowest BCUT2D eigenvalue weighted by molar-refractivity contribution is 0.822. The molecule has 0 aliphatic heterocycles. The number of aromatic nitrogens is 4. The van der Waals surface area contributed by atoms with E-state index in [0.717, 1.165) is 11.4 Å². The van der Waals surface area contributed by atoms with Gasteiger partial charge in [-0.3, -0.25) is 0 Å². The van der Waals surface area contributed by atoms with Gasteiger partial charge in [0.05, 0.1) is 5.69 Å². The normalized spacial score (nSPS) is 10.5. The van der Waals surface area contributed by atoms with Gasteiger partial charge in [0.2, 0.25) is 5.28 Å². The van der Waals surface area contributed by atoms with Crippen molar-refractivity contribution in [3.05, 3.63) is 35.0 Å². The molecule has 0 atom stereocenters. The van der Waals surface area contributed by atoms with Crippen LogP contribution in [-0.2, 0) is 0 Å². The summed E-state index contributed by atoms with van der Waals surface area (Å²) in [6.45, 7) is 3.79. The van der Waals surface area contributed by atoms with Crippen molar-refractivity contribution in [2.75, 3.05) is 0 Å². The number of hydrogen-bond acceptors (Lipinski definition) is 3. The molecule has 0 saturated heterocycles. The molecule has 2 aromatic heterocycles. The average Bonchev–Trinajstić information content (AvgIpc) is 2.50. The molecule has 0 saturated carbocycles. The van der Waals surface area contributed by atoms with E-state index in [0.29, 0.717) is 5.82 Å². The standard InChI is InChI=1S/C9H9ClN4/c1-6-3-4-14(13-6)8-5-7(2)11-9(10)12-8/h3-5H,1-2H3. The molecule has 0 radical (unpaired) electrons. The molecule has 0 aliphatic rings. The fourth-order valence-corrected chi connectivity index (χ4v) is 1.40. The van der Waals surface area contributed by atoms with Gasteiger partial charge in [0, 0.05) is 18.0 Å². The third-order valence-corrected chi connectivity index (χ3v) is 1.94. The molecule has 0 bridgehead atoms. The van der Waals surface area contributed by atoms with Crippen molar-refractivity contribution in [1.82, 2.24) is 19.7 Å². The van der Waals surface area contributed by atoms with Crippen LogP contribution in [0.5, 0.6) is 0 Å². The zero-order valence-corrected chi connectivity index (χ0v) is 8.65. The van der Waals surface area contributed by atoms with Crippen LogP contribution in [0.1, 0.15) is 11.4 Å². The first-order valence-corrected chi connectivity index (χ1v) is 4.57. The Hall–Kier alpha value is -1.42. The van der Waals surface area contributed by atoms with Crippen LogP contribution in [0.15, 0.2) is 18.3 Å². The Labute approximate surface area is 86.6 Å². The Morgan fingerprint density at radius 3 is 2.57 bits per heavy atom. The Kier molecular flexibility index (Phi) is 2.21. The van der Waals surface area contributed by atoms with Crippen molar-refractivity contribution in [3.8, 4) is 5.82 Å². The molecule has 0 unspecified atom stereocenters. The second-order valence-electron chi connectivity index (χ2n) is 3.04. The van der Waals surface area contributed by atoms with Gasteiger partial charge < -0.3 is 0 Å². The van der Waals surface area contributed by atoms with E-state index in [1.54, 1.807) is 4.68 Å². The Bertz CT molecular complexity index is 443. The molecule has 0 aromatic carbocycles. The zero-order valence-electron chi connectivity index (χ0n) is 7.90. The van der Waals surface area contributed by atoms with Gasteiger partial charge in [0.15, 0.2) is 5.82 Å². The van der Waals surface area contributed by atoms with Crippen molar-refractivity contribution in [3.63, 3.8) is 0 Å². The summed E-state index contributed by atoms with van der Waals surface area (Å²) < 4.78 is 1.68. The first-order valence-electron chi connectivity index (χ1n) is 4.19. The topological polar surface area (TPSA) is 43.6 Å². The first-order chi connectivity index (χ1) is 6.65. The monoisotopic (exact) mass is 208 g/mol. The van der Waals surface area contributed by atoms with Gasteiger partial charge in [-0.15, -0.1) is 0 Å². The van der Waals surface area contributed by atoms with Gasteiger partial charge in [-0.25, -0.2) is 9.67 Å². The maximum atomic E-state index is 5.74. The van der Waals surface area contributed by atoms with Crippen LogP contribution in [0.25, 0.3) is 5.82 Å². The lowest BCUT2D eigenvalue weighted by atomic mass is 10.4. The maximum absolute atomic E-state index is 5.74. The Morgan fingerprint density at radius 2 is 2.00 bits per heavy atom. The summed E-state index contributed by atoms with van der Waals surface area (Å²) in [5.41, 5.74) is 1.77. The van der Waals surface area contributed by atoms with Crippen LogP contribution in [-0.4, -0.2) is 19.7 Å². The summed E-state index contributed by atoms with van der Waals surface area (Å²) in [6, 6.07) is 3.74. The summed E-state index contributed by atoms with van der Waals surface area (Å²) in [7, 11) is 0. The van der Waals surface area contributed by atoms with E-state index in [4.69, 9.17) is 11.6 Å². The molecular formula is C9H9ClN4. The molecule has 2 rings (SSSR count). The van der Waals surface area contributed by atoms with E-state index in [2.05, 4.69) is 15.1 Å². The summed E-state index contributed by atoms with van der Waals surface area (Å²) in [4.78, 5) is 8.05. The van der Waals surface area contributed by atoms with Crippen LogP contribution in [0.2, 0.25) is 5.28 Å². The second kappa shape index (κ2) is 3.38. The quantitative estimate of drug-likeness (QED) is 0.673. The number of aryl methyl sites for hydroxylation is 2. The molecular weight excluding hydrogens is 200 g/mol. The number of hydrogen-bond donors (Lipinski definition) is 0. The van der Waals surface area contributed by atoms with Crippen LogP contribution in [0.4, 0.5) is 0 Å². The maximum Gasteiger partial charge on any atom is 0.224 e. The number of nitrogens with zero attached hydrogens (tertiary/aromatic N) is 4. The predicted octanol–water partition coefficient (Wildman–Crippen LogP) is 1.93. The summed E-state index contributed by atoms with van der Waals surface area (Å²) >= 11 is 5.74. The molecule has 0 fully saturated rings. The molecule has 0 spiro atoms. The van der Waals surface area contributed by atoms with Crippen molar-refractivity contribution < 1.29 is 0 Å². The lowest BCUT2D eigenvalue weighted by Crippen LogP contribution is -2.00. The van der Waals surface area contributed by atoms with Gasteiger partial charge >= 0.3 is 0 Å². The summed E-state index contributed by atoms with van der Waals surface area (Å²) in [6.07, 6.45) is 1.84. The smallest absolute Gasteiger partial charge is 0.223 e. The highest BCUT2D eigenvalue weighted by atomic mass is 35.5. The fraction of sp³-hybridized carbons (Fsp3) is 0.222. The molecule has 2 aromatic rings. The molecule has 5 heteroatoms. The van der Waals surface area contributed by atoms with E-state index in [9.17, 15) is 0 Å². The minimum absolute atomic E-state index is 0.244. The molecule has 0 amide bonds. The first kappa shape index (κ1) is 9.15. The minimum Gasteiger partial charge on any atom is -0.223 e. The van der Waals surface area contributed by atoms with Crippen LogP contribution < -0.4 is 0 Å². The average molecular weight is 209 g/mol. The van der Waals surface area contributed by atoms with Crippen molar-refractivity contribution in [2.24, 2.45) is 0 Å². The third-order valence-electron chi connectivity index (χ3n) is 1.77. The molecule has 4 nitrogen and oxygen atoms in total. The van der Waals surface area contributed by atoms with Crippen LogP contribution >= 0.6 is 11.6 Å². The van der Waals surface area contributed by atoms with Gasteiger partial charge in [0.25, 0.3) is 0 Å². The molecule has 0 aliphatic carbocycles. The second-order valence-corrected chi connectivity index (χ2v) is 3.38. The van der Waals surface area contributed by atoms with Crippen molar-refractivity contribution >= 4 is 11.6 Å². The molecule has 72 valence electrons. The predicted molar refractivity (Wildman–Crippen MR) is 53.6 cm³/mol. The van der Waals surface area contributed by atoms with E-state index in [1.165, 1.54) is 0 Å². The number of rotatable bonds is 1. The van der Waals surface area contributed by atoms with E-state index in [-0.39, 0.29) is 5.28 Å². The third kappa shape index (κ3) is 1.75. The summed E-state index contributed by atoms with van der Waals surface area (Å²) in [5.74, 6) is 0.690. The van der Waals surface area contributed by atoms with Gasteiger partial charge in [-0.05, 0) is 31.5 Å². The van der Waals surface area contributed by atoms with Crippen molar-refractivity contribution in [2.45, 2.75) is 13.8 Å². The Morgan fingerprint density at radius 1 is 1.21 bits per heavy atom. The van der Waals surface area contributed by atoms with Crippen LogP contribution in [0, 0.1) is 13.8 Å². The fourth-order valence-electron chi connectivity index (χ4n) is 1.18. The van der Waals surface area contributed by atoms with Gasteiger partial charge in [-0.1, -0.05) is 0 Å². The van der Waals surface area contributed by atoms with E-state index in [1.807, 2.05) is 32.2 Å². The highest BCUT2D eigenvalue weighted by Crippen LogP contribution is 2.09. The SMILES string of the molecule is Cc1cc(-n2ccc(C)n2)nc(Cl)n1. The molecule has 14 heavy (non-hydrogen) atoms. The van der Waals surface area contributed by atoms with Gasteiger partial charge in [0.1, 0.15) is 0 Å². The number of halogens is 1. The largest absolute Gasteiger partial charge is 0.224 e. The van der Waals surface area contributed by atoms with Crippen LogP contribution in [0.3, 0.4) is 0 Å². The Balaban J connectivity index is 2.51. The van der Waals surface area contributed by atoms with Crippen molar-refractivity contribution in [1.29, 1.82) is 0 Å². The zero-order chi connectivity index (χ0) is 10.1. The van der Waals surface area contributed by atoms with E-state index < -0.39 is 0 Å². The lowest BCUT2D eigenvalue weighted by Gasteiger charge is -2.01. The van der Waals surface area contributed by atoms with Gasteiger partial charge in [-0.2, -0.15) is 10.1 Å².